The van der Waals surface area contributed by atoms with Crippen LogP contribution in [-0.2, 0) is 4.84 Å². The zero-order chi connectivity index (χ0) is 16.1. The van der Waals surface area contributed by atoms with Crippen LogP contribution in [0.25, 0.3) is 0 Å². The number of hydrogen-bond donors (Lipinski definition) is 1. The number of carbonyl (C=O) groups excluding carboxylic acids is 1. The average molecular weight is 364 g/mol. The predicted octanol–water partition coefficient (Wildman–Crippen LogP) is 2.83. The molecule has 0 unspecified atom stereocenters. The molecule has 0 saturated heterocycles. The highest BCUT2D eigenvalue weighted by atomic mass is 79.9. The van der Waals surface area contributed by atoms with Gasteiger partial charge in [0.2, 0.25) is 0 Å². The summed E-state index contributed by atoms with van der Waals surface area (Å²) in [6.07, 6.45) is 0. The third kappa shape index (κ3) is 3.89. The molecule has 0 heterocycles. The van der Waals surface area contributed by atoms with Crippen molar-refractivity contribution in [2.24, 2.45) is 10.9 Å². The van der Waals surface area contributed by atoms with Crippen molar-refractivity contribution < 1.29 is 14.6 Å². The van der Waals surface area contributed by atoms with Gasteiger partial charge in [0.15, 0.2) is 5.84 Å². The van der Waals surface area contributed by atoms with E-state index in [-0.39, 0.29) is 17.1 Å². The standard InChI is InChI=1S/C14H10BrN3O4/c15-11-5-1-3-9(7-11)13(16)17-22-14(19)10-4-2-6-12(8-10)18(20)21/h1-8H,(H2,16,17). The lowest BCUT2D eigenvalue weighted by Gasteiger charge is -2.02. The van der Waals surface area contributed by atoms with Gasteiger partial charge in [0, 0.05) is 22.2 Å². The van der Waals surface area contributed by atoms with Crippen LogP contribution in [0.15, 0.2) is 58.2 Å². The highest BCUT2D eigenvalue weighted by molar-refractivity contribution is 9.10. The van der Waals surface area contributed by atoms with E-state index < -0.39 is 10.9 Å². The summed E-state index contributed by atoms with van der Waals surface area (Å²) >= 11 is 3.29. The minimum atomic E-state index is -0.832. The van der Waals surface area contributed by atoms with E-state index in [1.807, 2.05) is 6.07 Å². The molecule has 22 heavy (non-hydrogen) atoms. The van der Waals surface area contributed by atoms with Crippen LogP contribution in [0, 0.1) is 10.1 Å². The van der Waals surface area contributed by atoms with Gasteiger partial charge in [-0.25, -0.2) is 4.79 Å². The monoisotopic (exact) mass is 363 g/mol. The van der Waals surface area contributed by atoms with Crippen LogP contribution in [0.2, 0.25) is 0 Å². The molecule has 0 aromatic heterocycles. The first-order valence-corrected chi connectivity index (χ1v) is 6.82. The lowest BCUT2D eigenvalue weighted by atomic mass is 10.2. The molecule has 0 bridgehead atoms. The van der Waals surface area contributed by atoms with Gasteiger partial charge >= 0.3 is 5.97 Å². The zero-order valence-corrected chi connectivity index (χ0v) is 12.7. The van der Waals surface area contributed by atoms with Gasteiger partial charge in [-0.3, -0.25) is 10.1 Å². The van der Waals surface area contributed by atoms with E-state index >= 15 is 0 Å². The molecule has 0 radical (unpaired) electrons. The first kappa shape index (κ1) is 15.6. The number of nitrogens with zero attached hydrogens (tertiary/aromatic N) is 2. The largest absolute Gasteiger partial charge is 0.380 e. The third-order valence-electron chi connectivity index (χ3n) is 2.64. The highest BCUT2D eigenvalue weighted by Gasteiger charge is 2.13. The Bertz CT molecular complexity index is 761. The number of halogens is 1. The summed E-state index contributed by atoms with van der Waals surface area (Å²) in [4.78, 5) is 26.6. The normalized spacial score (nSPS) is 11.0. The first-order valence-electron chi connectivity index (χ1n) is 6.02. The molecule has 0 spiro atoms. The predicted molar refractivity (Wildman–Crippen MR) is 83.4 cm³/mol. The SMILES string of the molecule is N/C(=N\OC(=O)c1cccc([N+](=O)[O-])c1)c1cccc(Br)c1. The fraction of sp³-hybridized carbons (Fsp3) is 0. The van der Waals surface area contributed by atoms with Gasteiger partial charge in [0.05, 0.1) is 10.5 Å². The van der Waals surface area contributed by atoms with Crippen LogP contribution in [-0.4, -0.2) is 16.7 Å². The van der Waals surface area contributed by atoms with Crippen molar-refractivity contribution in [1.29, 1.82) is 0 Å². The second-order valence-electron chi connectivity index (χ2n) is 4.17. The minimum absolute atomic E-state index is 0.0139. The van der Waals surface area contributed by atoms with Gasteiger partial charge in [-0.1, -0.05) is 39.3 Å². The van der Waals surface area contributed by atoms with Gasteiger partial charge in [0.1, 0.15) is 0 Å². The molecular formula is C14H10BrN3O4. The number of oxime groups is 1. The van der Waals surface area contributed by atoms with E-state index in [4.69, 9.17) is 10.6 Å². The molecule has 0 aliphatic heterocycles. The maximum Gasteiger partial charge on any atom is 0.366 e. The fourth-order valence-corrected chi connectivity index (χ4v) is 1.99. The lowest BCUT2D eigenvalue weighted by Crippen LogP contribution is -2.15. The molecule has 0 atom stereocenters. The molecule has 0 fully saturated rings. The first-order chi connectivity index (χ1) is 10.5. The Labute approximate surface area is 133 Å². The summed E-state index contributed by atoms with van der Waals surface area (Å²) in [5.41, 5.74) is 6.09. The third-order valence-corrected chi connectivity index (χ3v) is 3.13. The summed E-state index contributed by atoms with van der Waals surface area (Å²) in [6, 6.07) is 12.1. The van der Waals surface area contributed by atoms with Crippen LogP contribution in [0.1, 0.15) is 15.9 Å². The number of nitro groups is 1. The molecule has 2 aromatic carbocycles. The summed E-state index contributed by atoms with van der Waals surface area (Å²) in [6.45, 7) is 0. The van der Waals surface area contributed by atoms with Gasteiger partial charge in [-0.15, -0.1) is 0 Å². The van der Waals surface area contributed by atoms with Gasteiger partial charge in [0.25, 0.3) is 5.69 Å². The Morgan fingerprint density at radius 2 is 1.86 bits per heavy atom. The summed E-state index contributed by atoms with van der Waals surface area (Å²) in [5.74, 6) is -0.818. The van der Waals surface area contributed by atoms with Gasteiger partial charge in [-0.05, 0) is 18.2 Å². The van der Waals surface area contributed by atoms with Gasteiger partial charge < -0.3 is 10.6 Å². The maximum absolute atomic E-state index is 11.8. The molecule has 0 saturated carbocycles. The number of carbonyl (C=O) groups is 1. The van der Waals surface area contributed by atoms with Crippen molar-refractivity contribution in [3.8, 4) is 0 Å². The second-order valence-corrected chi connectivity index (χ2v) is 5.09. The Kier molecular flexibility index (Phi) is 4.84. The van der Waals surface area contributed by atoms with E-state index in [1.54, 1.807) is 18.2 Å². The van der Waals surface area contributed by atoms with E-state index in [1.165, 1.54) is 18.2 Å². The number of hydrogen-bond acceptors (Lipinski definition) is 5. The van der Waals surface area contributed by atoms with Crippen molar-refractivity contribution in [2.45, 2.75) is 0 Å². The fourth-order valence-electron chi connectivity index (χ4n) is 1.59. The van der Waals surface area contributed by atoms with E-state index in [0.29, 0.717) is 5.56 Å². The molecule has 7 nitrogen and oxygen atoms in total. The van der Waals surface area contributed by atoms with Crippen molar-refractivity contribution in [2.75, 3.05) is 0 Å². The number of nitro benzene ring substituents is 1. The Hall–Kier alpha value is -2.74. The summed E-state index contributed by atoms with van der Waals surface area (Å²) in [5, 5.41) is 14.2. The smallest absolute Gasteiger partial charge is 0.366 e. The summed E-state index contributed by atoms with van der Waals surface area (Å²) < 4.78 is 0.799. The van der Waals surface area contributed by atoms with Crippen molar-refractivity contribution in [3.63, 3.8) is 0 Å². The number of benzene rings is 2. The van der Waals surface area contributed by atoms with Crippen LogP contribution in [0.5, 0.6) is 0 Å². The van der Waals surface area contributed by atoms with Crippen LogP contribution in [0.3, 0.4) is 0 Å². The topological polar surface area (TPSA) is 108 Å². The number of nitrogens with two attached hydrogens (primary N) is 1. The molecule has 0 aliphatic carbocycles. The number of amidine groups is 1. The molecule has 0 amide bonds. The Balaban J connectivity index is 2.13. The van der Waals surface area contributed by atoms with E-state index in [2.05, 4.69) is 21.1 Å². The number of non-ortho nitro benzene ring substituents is 1. The van der Waals surface area contributed by atoms with Crippen molar-refractivity contribution in [3.05, 3.63) is 74.2 Å². The number of rotatable bonds is 4. The Morgan fingerprint density at radius 1 is 1.18 bits per heavy atom. The molecule has 2 N–H and O–H groups in total. The molecule has 8 heteroatoms. The highest BCUT2D eigenvalue weighted by Crippen LogP contribution is 2.14. The van der Waals surface area contributed by atoms with Crippen molar-refractivity contribution >= 4 is 33.4 Å². The Morgan fingerprint density at radius 3 is 2.55 bits per heavy atom. The molecular weight excluding hydrogens is 354 g/mol. The molecule has 112 valence electrons. The quantitative estimate of drug-likeness (QED) is 0.295. The maximum atomic E-state index is 11.8. The molecule has 0 aliphatic rings. The van der Waals surface area contributed by atoms with Crippen LogP contribution >= 0.6 is 15.9 Å². The molecule has 2 aromatic rings. The minimum Gasteiger partial charge on any atom is -0.380 e. The summed E-state index contributed by atoms with van der Waals surface area (Å²) in [7, 11) is 0. The van der Waals surface area contributed by atoms with Crippen molar-refractivity contribution in [1.82, 2.24) is 0 Å². The second kappa shape index (κ2) is 6.81. The van der Waals surface area contributed by atoms with Gasteiger partial charge in [-0.2, -0.15) is 0 Å². The zero-order valence-electron chi connectivity index (χ0n) is 11.1. The van der Waals surface area contributed by atoms with Crippen LogP contribution < -0.4 is 5.73 Å². The lowest BCUT2D eigenvalue weighted by molar-refractivity contribution is -0.384. The molecule has 2 rings (SSSR count). The van der Waals surface area contributed by atoms with Crippen LogP contribution in [0.4, 0.5) is 5.69 Å². The average Bonchev–Trinajstić information content (AvgIpc) is 2.52. The van der Waals surface area contributed by atoms with E-state index in [9.17, 15) is 14.9 Å². The van der Waals surface area contributed by atoms with E-state index in [0.717, 1.165) is 10.5 Å².